The summed E-state index contributed by atoms with van der Waals surface area (Å²) in [5.41, 5.74) is 0. The van der Waals surface area contributed by atoms with Crippen LogP contribution < -0.4 is 18.9 Å². The van der Waals surface area contributed by atoms with Crippen molar-refractivity contribution in [3.63, 3.8) is 0 Å². The van der Waals surface area contributed by atoms with Crippen LogP contribution in [0.4, 0.5) is 17.1 Å². The molecule has 0 amide bonds. The summed E-state index contributed by atoms with van der Waals surface area (Å²) >= 11 is -2.62. The smallest absolute Gasteiger partial charge is 0.355 e. The normalized spacial score (nSPS) is 11.9. The second-order valence-corrected chi connectivity index (χ2v) is 4.09. The number of hydrogen-bond acceptors (Lipinski definition) is 4. The quantitative estimate of drug-likeness (QED) is 0.141. The summed E-state index contributed by atoms with van der Waals surface area (Å²) < 4.78 is 68.5. The molecule has 4 nitrogen and oxygen atoms in total. The molecule has 21 heavy (non-hydrogen) atoms. The molecule has 0 aromatic heterocycles. The van der Waals surface area contributed by atoms with Crippen molar-refractivity contribution in [3.05, 3.63) is 6.61 Å². The van der Waals surface area contributed by atoms with Crippen molar-refractivity contribution in [1.82, 2.24) is 0 Å². The Hall–Kier alpha value is 0.217. The van der Waals surface area contributed by atoms with Gasteiger partial charge in [0.25, 0.3) is 0 Å². The fraction of sp³-hybridized carbons (Fsp3) is 0.909. The summed E-state index contributed by atoms with van der Waals surface area (Å²) in [5.74, 6) is 0. The van der Waals surface area contributed by atoms with Crippen LogP contribution in [0.3, 0.4) is 0 Å². The fourth-order valence-corrected chi connectivity index (χ4v) is 1.04. The van der Waals surface area contributed by atoms with E-state index in [-0.39, 0.29) is 18.9 Å². The van der Waals surface area contributed by atoms with Gasteiger partial charge >= 0.3 is 36.4 Å². The van der Waals surface area contributed by atoms with Gasteiger partial charge in [-0.2, -0.15) is 13.0 Å². The molecule has 0 fully saturated rings. The minimum Gasteiger partial charge on any atom is -0.355 e. The first kappa shape index (κ1) is 26.1. The summed E-state index contributed by atoms with van der Waals surface area (Å²) in [5, 5.41) is 0. The van der Waals surface area contributed by atoms with Crippen LogP contribution in [0, 0.1) is 6.61 Å². The van der Waals surface area contributed by atoms with Gasteiger partial charge in [0.2, 0.25) is 6.61 Å². The van der Waals surface area contributed by atoms with Crippen LogP contribution in [0.15, 0.2) is 0 Å². The van der Waals surface area contributed by atoms with Gasteiger partial charge in [-0.05, 0) is 13.3 Å². The predicted octanol–water partition coefficient (Wildman–Crippen LogP) is 0.857. The number of hydrogen-bond donors (Lipinski definition) is 0. The Kier molecular flexibility index (Phi) is 22.7. The van der Waals surface area contributed by atoms with Crippen molar-refractivity contribution < 1.29 is 53.8 Å². The van der Waals surface area contributed by atoms with Crippen LogP contribution in [0.25, 0.3) is 0 Å². The number of rotatable bonds is 11. The molecule has 0 N–H and O–H groups in total. The van der Waals surface area contributed by atoms with Crippen LogP contribution in [-0.4, -0.2) is 30.4 Å². The van der Waals surface area contributed by atoms with E-state index in [0.29, 0.717) is 13.0 Å². The molecule has 0 radical (unpaired) electrons. The average Bonchev–Trinajstić information content (AvgIpc) is 2.41. The molecule has 0 aromatic carbocycles. The molecule has 0 aliphatic rings. The maximum absolute atomic E-state index is 12.1. The summed E-state index contributed by atoms with van der Waals surface area (Å²) in [6, 6.07) is 0. The molecule has 0 bridgehead atoms. The number of unbranched alkanes of at least 4 members (excludes halogenated alkanes) is 2. The Labute approximate surface area is 138 Å². The average molecular weight is 332 g/mol. The van der Waals surface area contributed by atoms with Crippen LogP contribution >= 0.6 is 0 Å². The molecule has 1 atom stereocenters. The molecule has 10 heteroatoms. The topological polar surface area (TPSA) is 44.8 Å². The molecule has 0 aromatic rings. The van der Waals surface area contributed by atoms with Crippen LogP contribution in [0.5, 0.6) is 0 Å². The molecular formula is C11H21F4LiO4S+2. The molecule has 0 heterocycles. The SMILES string of the molecule is CCCCCOCOC(F)(F)CF.CC[CH+]OS(=O)F.[Li+]. The van der Waals surface area contributed by atoms with E-state index >= 15 is 0 Å². The first-order valence-electron chi connectivity index (χ1n) is 6.11. The minimum atomic E-state index is -3.70. The van der Waals surface area contributed by atoms with E-state index in [1.807, 2.05) is 6.92 Å². The summed E-state index contributed by atoms with van der Waals surface area (Å²) in [7, 11) is 0. The third-order valence-corrected chi connectivity index (χ3v) is 2.00. The molecule has 0 spiro atoms. The summed E-state index contributed by atoms with van der Waals surface area (Å²) in [4.78, 5) is 0. The van der Waals surface area contributed by atoms with E-state index in [4.69, 9.17) is 4.74 Å². The van der Waals surface area contributed by atoms with Gasteiger partial charge in [-0.15, -0.1) is 0 Å². The molecule has 0 aliphatic heterocycles. The van der Waals surface area contributed by atoms with Gasteiger partial charge in [0.15, 0.2) is 13.5 Å². The third kappa shape index (κ3) is 25.5. The van der Waals surface area contributed by atoms with E-state index in [0.717, 1.165) is 25.9 Å². The molecule has 122 valence electrons. The fourth-order valence-electron chi connectivity index (χ4n) is 0.801. The van der Waals surface area contributed by atoms with Gasteiger partial charge in [-0.3, -0.25) is 4.74 Å². The zero-order valence-electron chi connectivity index (χ0n) is 12.6. The van der Waals surface area contributed by atoms with Crippen LogP contribution in [-0.2, 0) is 25.1 Å². The van der Waals surface area contributed by atoms with E-state index in [1.165, 1.54) is 0 Å². The monoisotopic (exact) mass is 332 g/mol. The first-order valence-corrected chi connectivity index (χ1v) is 7.09. The zero-order chi connectivity index (χ0) is 15.9. The second kappa shape index (κ2) is 18.3. The van der Waals surface area contributed by atoms with Crippen molar-refractivity contribution in [2.24, 2.45) is 0 Å². The van der Waals surface area contributed by atoms with E-state index in [2.05, 4.69) is 8.92 Å². The Bertz CT molecular complexity index is 238. The maximum Gasteiger partial charge on any atom is 1.00 e. The largest absolute Gasteiger partial charge is 1.00 e. The Morgan fingerprint density at radius 1 is 1.24 bits per heavy atom. The third-order valence-electron chi connectivity index (χ3n) is 1.71. The Balaban J connectivity index is -0.000000347. The molecule has 0 rings (SSSR count). The second-order valence-electron chi connectivity index (χ2n) is 3.51. The molecule has 0 saturated heterocycles. The van der Waals surface area contributed by atoms with Crippen molar-refractivity contribution in [1.29, 1.82) is 0 Å². The Morgan fingerprint density at radius 2 is 1.86 bits per heavy atom. The van der Waals surface area contributed by atoms with Crippen molar-refractivity contribution >= 4 is 11.5 Å². The van der Waals surface area contributed by atoms with Gasteiger partial charge in [0, 0.05) is 6.61 Å². The maximum atomic E-state index is 12.1. The molecule has 0 aliphatic carbocycles. The first-order chi connectivity index (χ1) is 9.39. The zero-order valence-corrected chi connectivity index (χ0v) is 13.4. The molecule has 0 saturated carbocycles. The van der Waals surface area contributed by atoms with Crippen LogP contribution in [0.1, 0.15) is 39.5 Å². The van der Waals surface area contributed by atoms with Gasteiger partial charge in [-0.1, -0.05) is 27.8 Å². The van der Waals surface area contributed by atoms with Crippen LogP contribution in [0.2, 0.25) is 0 Å². The molecular weight excluding hydrogens is 311 g/mol. The predicted molar refractivity (Wildman–Crippen MR) is 67.3 cm³/mol. The number of halogens is 4. The van der Waals surface area contributed by atoms with E-state index in [9.17, 15) is 21.3 Å². The summed E-state index contributed by atoms with van der Waals surface area (Å²) in [6.45, 7) is 2.93. The molecule has 1 unspecified atom stereocenters. The van der Waals surface area contributed by atoms with Crippen molar-refractivity contribution in [2.45, 2.75) is 45.6 Å². The van der Waals surface area contributed by atoms with Gasteiger partial charge in [-0.25, -0.2) is 4.39 Å². The number of ether oxygens (including phenoxy) is 2. The van der Waals surface area contributed by atoms with Crippen molar-refractivity contribution in [2.75, 3.05) is 20.1 Å². The number of alkyl halides is 3. The Morgan fingerprint density at radius 3 is 2.24 bits per heavy atom. The summed E-state index contributed by atoms with van der Waals surface area (Å²) in [6.07, 6.45) is -0.314. The van der Waals surface area contributed by atoms with E-state index < -0.39 is 31.0 Å². The van der Waals surface area contributed by atoms with Gasteiger partial charge in [0.1, 0.15) is 6.42 Å². The standard InChI is InChI=1S/C8H15F3O2.C3H6FO2S.Li/c1-2-3-4-5-12-7-13-8(10,11)6-9;1-2-3-6-7(4)5;/h2-7H2,1H3;3H,2H2,1H3;/q;2*+1. The van der Waals surface area contributed by atoms with Crippen molar-refractivity contribution in [3.8, 4) is 0 Å². The van der Waals surface area contributed by atoms with Gasteiger partial charge < -0.3 is 4.74 Å². The van der Waals surface area contributed by atoms with E-state index in [1.54, 1.807) is 6.92 Å². The van der Waals surface area contributed by atoms with Gasteiger partial charge in [0.05, 0.1) is 0 Å². The minimum absolute atomic E-state index is 0.